The van der Waals surface area contributed by atoms with E-state index in [9.17, 15) is 4.79 Å². The summed E-state index contributed by atoms with van der Waals surface area (Å²) < 4.78 is 5.09. The minimum Gasteiger partial charge on any atom is -0.462 e. The predicted octanol–water partition coefficient (Wildman–Crippen LogP) is 4.05. The number of esters is 1. The highest BCUT2D eigenvalue weighted by Crippen LogP contribution is 2.25. The van der Waals surface area contributed by atoms with Gasteiger partial charge in [-0.15, -0.1) is 0 Å². The van der Waals surface area contributed by atoms with Gasteiger partial charge in [0.15, 0.2) is 0 Å². The minimum absolute atomic E-state index is 0.291. The van der Waals surface area contributed by atoms with Crippen LogP contribution in [0, 0.1) is 0 Å². The lowest BCUT2D eigenvalue weighted by Crippen LogP contribution is -2.07. The van der Waals surface area contributed by atoms with Crippen LogP contribution in [0.2, 0.25) is 0 Å². The SMILES string of the molecule is C=C(C)c1cc2ccccc2cc1C(=O)OCC. The predicted molar refractivity (Wildman–Crippen MR) is 74.6 cm³/mol. The third-order valence-electron chi connectivity index (χ3n) is 2.84. The zero-order chi connectivity index (χ0) is 13.1. The molecule has 0 atom stereocenters. The Labute approximate surface area is 107 Å². The number of ether oxygens (including phenoxy) is 1. The summed E-state index contributed by atoms with van der Waals surface area (Å²) in [5.41, 5.74) is 2.30. The summed E-state index contributed by atoms with van der Waals surface area (Å²) in [6.45, 7) is 8.00. The highest BCUT2D eigenvalue weighted by Gasteiger charge is 2.14. The summed E-state index contributed by atoms with van der Waals surface area (Å²) in [5.74, 6) is -0.291. The van der Waals surface area contributed by atoms with Crippen molar-refractivity contribution in [2.24, 2.45) is 0 Å². The van der Waals surface area contributed by atoms with Crippen molar-refractivity contribution in [3.63, 3.8) is 0 Å². The first-order valence-corrected chi connectivity index (χ1v) is 5.99. The number of hydrogen-bond acceptors (Lipinski definition) is 2. The van der Waals surface area contributed by atoms with Crippen molar-refractivity contribution >= 4 is 22.3 Å². The van der Waals surface area contributed by atoms with E-state index in [2.05, 4.69) is 6.58 Å². The molecule has 0 aliphatic heterocycles. The summed E-state index contributed by atoms with van der Waals surface area (Å²) in [4.78, 5) is 12.0. The second-order valence-electron chi connectivity index (χ2n) is 4.25. The molecule has 0 aliphatic carbocycles. The molecular weight excluding hydrogens is 224 g/mol. The molecule has 2 rings (SSSR count). The van der Waals surface area contributed by atoms with Crippen LogP contribution in [0.1, 0.15) is 29.8 Å². The average Bonchev–Trinajstić information content (AvgIpc) is 2.37. The third-order valence-corrected chi connectivity index (χ3v) is 2.84. The molecule has 0 saturated carbocycles. The highest BCUT2D eigenvalue weighted by atomic mass is 16.5. The maximum absolute atomic E-state index is 12.0. The zero-order valence-electron chi connectivity index (χ0n) is 10.7. The Morgan fingerprint density at radius 2 is 1.72 bits per heavy atom. The van der Waals surface area contributed by atoms with E-state index in [0.29, 0.717) is 12.2 Å². The van der Waals surface area contributed by atoms with Crippen molar-refractivity contribution in [2.75, 3.05) is 6.61 Å². The van der Waals surface area contributed by atoms with Gasteiger partial charge in [0, 0.05) is 0 Å². The van der Waals surface area contributed by atoms with Crippen LogP contribution >= 0.6 is 0 Å². The van der Waals surface area contributed by atoms with Gasteiger partial charge < -0.3 is 4.74 Å². The van der Waals surface area contributed by atoms with E-state index in [1.807, 2.05) is 43.3 Å². The van der Waals surface area contributed by atoms with Gasteiger partial charge in [-0.2, -0.15) is 0 Å². The summed E-state index contributed by atoms with van der Waals surface area (Å²) >= 11 is 0. The fraction of sp³-hybridized carbons (Fsp3) is 0.188. The quantitative estimate of drug-likeness (QED) is 0.756. The van der Waals surface area contributed by atoms with Gasteiger partial charge in [0.05, 0.1) is 12.2 Å². The second-order valence-corrected chi connectivity index (χ2v) is 4.25. The number of benzene rings is 2. The smallest absolute Gasteiger partial charge is 0.338 e. The zero-order valence-corrected chi connectivity index (χ0v) is 10.7. The van der Waals surface area contributed by atoms with Gasteiger partial charge in [0.1, 0.15) is 0 Å². The molecule has 2 aromatic carbocycles. The van der Waals surface area contributed by atoms with Crippen molar-refractivity contribution in [1.29, 1.82) is 0 Å². The molecule has 2 nitrogen and oxygen atoms in total. The monoisotopic (exact) mass is 240 g/mol. The molecule has 0 saturated heterocycles. The Morgan fingerprint density at radius 3 is 2.22 bits per heavy atom. The molecule has 18 heavy (non-hydrogen) atoms. The molecular formula is C16H16O2. The molecule has 0 aliphatic rings. The Morgan fingerprint density at radius 1 is 1.17 bits per heavy atom. The van der Waals surface area contributed by atoms with Crippen LogP contribution in [-0.4, -0.2) is 12.6 Å². The lowest BCUT2D eigenvalue weighted by atomic mass is 9.97. The van der Waals surface area contributed by atoms with E-state index >= 15 is 0 Å². The van der Waals surface area contributed by atoms with E-state index in [0.717, 1.165) is 21.9 Å². The molecule has 0 fully saturated rings. The van der Waals surface area contributed by atoms with Crippen molar-refractivity contribution < 1.29 is 9.53 Å². The molecule has 2 heteroatoms. The first kappa shape index (κ1) is 12.4. The van der Waals surface area contributed by atoms with E-state index < -0.39 is 0 Å². The molecule has 0 bridgehead atoms. The van der Waals surface area contributed by atoms with Crippen LogP contribution in [0.25, 0.3) is 16.3 Å². The van der Waals surface area contributed by atoms with Gasteiger partial charge in [-0.25, -0.2) is 4.79 Å². The standard InChI is InChI=1S/C16H16O2/c1-4-18-16(17)15-10-13-8-6-5-7-12(13)9-14(15)11(2)3/h5-10H,2,4H2,1,3H3. The molecule has 0 unspecified atom stereocenters. The average molecular weight is 240 g/mol. The van der Waals surface area contributed by atoms with E-state index in [4.69, 9.17) is 4.74 Å². The molecule has 0 radical (unpaired) electrons. The second kappa shape index (κ2) is 5.05. The Balaban J connectivity index is 2.65. The van der Waals surface area contributed by atoms with Gasteiger partial charge in [0.25, 0.3) is 0 Å². The number of carbonyl (C=O) groups excluding carboxylic acids is 1. The lowest BCUT2D eigenvalue weighted by Gasteiger charge is -2.10. The molecule has 0 N–H and O–H groups in total. The van der Waals surface area contributed by atoms with E-state index in [1.54, 1.807) is 6.92 Å². The number of fused-ring (bicyclic) bond motifs is 1. The number of carbonyl (C=O) groups is 1. The molecule has 2 aromatic rings. The normalized spacial score (nSPS) is 10.3. The van der Waals surface area contributed by atoms with Crippen LogP contribution in [0.15, 0.2) is 43.0 Å². The molecule has 0 amide bonds. The Kier molecular flexibility index (Phi) is 3.47. The highest BCUT2D eigenvalue weighted by molar-refractivity contribution is 6.00. The Bertz CT molecular complexity index is 612. The topological polar surface area (TPSA) is 26.3 Å². The fourth-order valence-corrected chi connectivity index (χ4v) is 1.97. The minimum atomic E-state index is -0.291. The number of allylic oxidation sites excluding steroid dienone is 1. The number of hydrogen-bond donors (Lipinski definition) is 0. The van der Waals surface area contributed by atoms with Crippen LogP contribution in [0.3, 0.4) is 0 Å². The summed E-state index contributed by atoms with van der Waals surface area (Å²) in [7, 11) is 0. The van der Waals surface area contributed by atoms with E-state index in [1.165, 1.54) is 0 Å². The molecule has 0 heterocycles. The first-order chi connectivity index (χ1) is 8.63. The van der Waals surface area contributed by atoms with Crippen LogP contribution in [0.5, 0.6) is 0 Å². The van der Waals surface area contributed by atoms with Gasteiger partial charge in [0.2, 0.25) is 0 Å². The largest absolute Gasteiger partial charge is 0.462 e. The molecule has 0 spiro atoms. The molecule has 92 valence electrons. The van der Waals surface area contributed by atoms with Crippen LogP contribution < -0.4 is 0 Å². The van der Waals surface area contributed by atoms with Gasteiger partial charge in [-0.1, -0.05) is 36.4 Å². The van der Waals surface area contributed by atoms with Gasteiger partial charge >= 0.3 is 5.97 Å². The number of rotatable bonds is 3. The van der Waals surface area contributed by atoms with Gasteiger partial charge in [-0.3, -0.25) is 0 Å². The van der Waals surface area contributed by atoms with Crippen molar-refractivity contribution in [3.8, 4) is 0 Å². The third kappa shape index (κ3) is 2.28. The van der Waals surface area contributed by atoms with Gasteiger partial charge in [-0.05, 0) is 42.3 Å². The van der Waals surface area contributed by atoms with Crippen molar-refractivity contribution in [2.45, 2.75) is 13.8 Å². The summed E-state index contributed by atoms with van der Waals surface area (Å²) in [6, 6.07) is 11.8. The molecule has 0 aromatic heterocycles. The first-order valence-electron chi connectivity index (χ1n) is 5.99. The van der Waals surface area contributed by atoms with Crippen molar-refractivity contribution in [1.82, 2.24) is 0 Å². The van der Waals surface area contributed by atoms with Crippen LogP contribution in [-0.2, 0) is 4.74 Å². The fourth-order valence-electron chi connectivity index (χ4n) is 1.97. The maximum Gasteiger partial charge on any atom is 0.338 e. The van der Waals surface area contributed by atoms with E-state index in [-0.39, 0.29) is 5.97 Å². The Hall–Kier alpha value is -2.09. The maximum atomic E-state index is 12.0. The summed E-state index contributed by atoms with van der Waals surface area (Å²) in [5, 5.41) is 2.13. The van der Waals surface area contributed by atoms with Crippen molar-refractivity contribution in [3.05, 3.63) is 54.1 Å². The lowest BCUT2D eigenvalue weighted by molar-refractivity contribution is 0.0526. The van der Waals surface area contributed by atoms with Crippen LogP contribution in [0.4, 0.5) is 0 Å². The summed E-state index contributed by atoms with van der Waals surface area (Å²) in [6.07, 6.45) is 0.